The average molecular weight is 428 g/mol. The highest BCUT2D eigenvalue weighted by atomic mass is 32.2. The molecular formula is C22H21NO4S2. The number of esters is 1. The maximum absolute atomic E-state index is 12.9. The van der Waals surface area contributed by atoms with Crippen molar-refractivity contribution >= 4 is 46.3 Å². The minimum atomic E-state index is -0.424. The second-order valence-corrected chi connectivity index (χ2v) is 8.76. The first kappa shape index (κ1) is 19.9. The predicted molar refractivity (Wildman–Crippen MR) is 117 cm³/mol. The molecule has 0 spiro atoms. The number of amides is 1. The molecule has 1 saturated carbocycles. The van der Waals surface area contributed by atoms with Crippen molar-refractivity contribution in [2.45, 2.75) is 38.1 Å². The molecule has 2 aromatic rings. The van der Waals surface area contributed by atoms with Crippen LogP contribution in [0.1, 0.15) is 48.2 Å². The van der Waals surface area contributed by atoms with Gasteiger partial charge >= 0.3 is 5.97 Å². The quantitative estimate of drug-likeness (QED) is 0.376. The molecule has 1 aliphatic heterocycles. The Morgan fingerprint density at radius 3 is 2.72 bits per heavy atom. The zero-order valence-corrected chi connectivity index (χ0v) is 17.7. The van der Waals surface area contributed by atoms with E-state index in [0.717, 1.165) is 25.7 Å². The van der Waals surface area contributed by atoms with Crippen molar-refractivity contribution < 1.29 is 18.7 Å². The third-order valence-corrected chi connectivity index (χ3v) is 6.59. The van der Waals surface area contributed by atoms with E-state index in [4.69, 9.17) is 21.4 Å². The molecule has 7 heteroatoms. The molecule has 0 bridgehead atoms. The zero-order chi connectivity index (χ0) is 20.4. The lowest BCUT2D eigenvalue weighted by molar-refractivity contribution is -0.124. The second kappa shape index (κ2) is 8.55. The van der Waals surface area contributed by atoms with Gasteiger partial charge in [-0.1, -0.05) is 61.4 Å². The summed E-state index contributed by atoms with van der Waals surface area (Å²) in [7, 11) is 1.35. The number of methoxy groups -OCH3 is 1. The van der Waals surface area contributed by atoms with Crippen LogP contribution in [0.25, 0.3) is 17.4 Å². The van der Waals surface area contributed by atoms with Crippen LogP contribution in [0.3, 0.4) is 0 Å². The van der Waals surface area contributed by atoms with E-state index in [1.165, 1.54) is 25.3 Å². The van der Waals surface area contributed by atoms with Crippen LogP contribution in [0.15, 0.2) is 45.7 Å². The number of thioether (sulfide) groups is 1. The monoisotopic (exact) mass is 427 g/mol. The molecule has 5 nitrogen and oxygen atoms in total. The van der Waals surface area contributed by atoms with Crippen LogP contribution < -0.4 is 0 Å². The summed E-state index contributed by atoms with van der Waals surface area (Å²) in [6.07, 6.45) is 7.25. The first-order valence-electron chi connectivity index (χ1n) is 9.63. The number of carbonyl (C=O) groups excluding carboxylic acids is 2. The Balaban J connectivity index is 1.58. The number of thiocarbonyl (C=S) groups is 1. The van der Waals surface area contributed by atoms with Crippen molar-refractivity contribution in [1.29, 1.82) is 0 Å². The molecule has 2 fully saturated rings. The molecule has 1 saturated heterocycles. The van der Waals surface area contributed by atoms with Crippen molar-refractivity contribution in [2.75, 3.05) is 7.11 Å². The number of hydrogen-bond acceptors (Lipinski definition) is 6. The zero-order valence-electron chi connectivity index (χ0n) is 16.1. The van der Waals surface area contributed by atoms with Gasteiger partial charge in [0, 0.05) is 17.7 Å². The van der Waals surface area contributed by atoms with E-state index in [0.29, 0.717) is 31.9 Å². The Bertz CT molecular complexity index is 988. The SMILES string of the molecule is COC(=O)c1ccccc1-c1ccc(/C=C2/SC(=S)N(C3CCCCC3)C2=O)o1. The van der Waals surface area contributed by atoms with Gasteiger partial charge in [0.15, 0.2) is 0 Å². The van der Waals surface area contributed by atoms with Crippen molar-refractivity contribution in [1.82, 2.24) is 4.90 Å². The van der Waals surface area contributed by atoms with Crippen LogP contribution in [-0.2, 0) is 9.53 Å². The van der Waals surface area contributed by atoms with E-state index in [2.05, 4.69) is 0 Å². The van der Waals surface area contributed by atoms with E-state index in [9.17, 15) is 9.59 Å². The van der Waals surface area contributed by atoms with Gasteiger partial charge in [0.05, 0.1) is 17.6 Å². The Morgan fingerprint density at radius 2 is 1.97 bits per heavy atom. The molecule has 0 unspecified atom stereocenters. The smallest absolute Gasteiger partial charge is 0.338 e. The number of rotatable bonds is 4. The van der Waals surface area contributed by atoms with Gasteiger partial charge in [0.2, 0.25) is 0 Å². The number of furan rings is 1. The molecule has 150 valence electrons. The third kappa shape index (κ3) is 4.02. The third-order valence-electron chi connectivity index (χ3n) is 5.26. The predicted octanol–water partition coefficient (Wildman–Crippen LogP) is 5.27. The second-order valence-electron chi connectivity index (χ2n) is 7.08. The van der Waals surface area contributed by atoms with Crippen LogP contribution in [0, 0.1) is 0 Å². The Morgan fingerprint density at radius 1 is 1.21 bits per heavy atom. The lowest BCUT2D eigenvalue weighted by Gasteiger charge is -2.29. The van der Waals surface area contributed by atoms with Crippen LogP contribution in [0.2, 0.25) is 0 Å². The normalized spacial score (nSPS) is 19.2. The molecule has 1 aliphatic carbocycles. The molecule has 0 atom stereocenters. The van der Waals surface area contributed by atoms with Crippen LogP contribution in [0.5, 0.6) is 0 Å². The summed E-state index contributed by atoms with van der Waals surface area (Å²) >= 11 is 6.80. The van der Waals surface area contributed by atoms with Gasteiger partial charge < -0.3 is 9.15 Å². The standard InChI is InChI=1S/C22H21NO4S2/c1-26-21(25)17-10-6-5-9-16(17)18-12-11-15(27-18)13-19-20(24)23(22(28)29-19)14-7-3-2-4-8-14/h5-6,9-14H,2-4,7-8H2,1H3/b19-13+. The molecule has 2 aliphatic rings. The first-order valence-corrected chi connectivity index (χ1v) is 10.9. The Hall–Kier alpha value is -2.38. The molecule has 1 amide bonds. The fourth-order valence-corrected chi connectivity index (χ4v) is 5.20. The van der Waals surface area contributed by atoms with E-state index in [-0.39, 0.29) is 11.9 Å². The summed E-state index contributed by atoms with van der Waals surface area (Å²) in [6, 6.07) is 10.9. The van der Waals surface area contributed by atoms with Crippen LogP contribution in [-0.4, -0.2) is 34.2 Å². The number of ether oxygens (including phenoxy) is 1. The van der Waals surface area contributed by atoms with Gasteiger partial charge in [0.1, 0.15) is 15.8 Å². The van der Waals surface area contributed by atoms with Crippen molar-refractivity contribution in [2.24, 2.45) is 0 Å². The summed E-state index contributed by atoms with van der Waals surface area (Å²) in [5.74, 6) is 0.621. The van der Waals surface area contributed by atoms with Crippen molar-refractivity contribution in [3.8, 4) is 11.3 Å². The van der Waals surface area contributed by atoms with Gasteiger partial charge in [-0.15, -0.1) is 0 Å². The Kier molecular flexibility index (Phi) is 5.87. The number of benzene rings is 1. The fourth-order valence-electron chi connectivity index (χ4n) is 3.82. The number of hydrogen-bond donors (Lipinski definition) is 0. The summed E-state index contributed by atoms with van der Waals surface area (Å²) in [6.45, 7) is 0. The average Bonchev–Trinajstić information content (AvgIpc) is 3.32. The van der Waals surface area contributed by atoms with Gasteiger partial charge in [-0.2, -0.15) is 0 Å². The molecule has 4 rings (SSSR count). The molecule has 29 heavy (non-hydrogen) atoms. The van der Waals surface area contributed by atoms with Crippen LogP contribution >= 0.6 is 24.0 Å². The minimum absolute atomic E-state index is 0.0418. The number of carbonyl (C=O) groups is 2. The molecule has 1 aromatic heterocycles. The summed E-state index contributed by atoms with van der Waals surface area (Å²) in [5, 5.41) is 0. The molecule has 0 N–H and O–H groups in total. The lowest BCUT2D eigenvalue weighted by atomic mass is 9.94. The van der Waals surface area contributed by atoms with Crippen LogP contribution in [0.4, 0.5) is 0 Å². The highest BCUT2D eigenvalue weighted by molar-refractivity contribution is 8.26. The van der Waals surface area contributed by atoms with Gasteiger partial charge in [-0.05, 0) is 31.0 Å². The summed E-state index contributed by atoms with van der Waals surface area (Å²) in [4.78, 5) is 27.3. The van der Waals surface area contributed by atoms with E-state index in [1.807, 2.05) is 6.07 Å². The van der Waals surface area contributed by atoms with E-state index in [1.54, 1.807) is 41.3 Å². The first-order chi connectivity index (χ1) is 14.1. The highest BCUT2D eigenvalue weighted by Gasteiger charge is 2.37. The highest BCUT2D eigenvalue weighted by Crippen LogP contribution is 2.38. The van der Waals surface area contributed by atoms with Crippen molar-refractivity contribution in [3.05, 3.63) is 52.6 Å². The van der Waals surface area contributed by atoms with E-state index < -0.39 is 5.97 Å². The topological polar surface area (TPSA) is 59.8 Å². The van der Waals surface area contributed by atoms with Gasteiger partial charge in [-0.3, -0.25) is 9.69 Å². The van der Waals surface area contributed by atoms with E-state index >= 15 is 0 Å². The maximum Gasteiger partial charge on any atom is 0.338 e. The largest absolute Gasteiger partial charge is 0.465 e. The summed E-state index contributed by atoms with van der Waals surface area (Å²) < 4.78 is 11.4. The maximum atomic E-state index is 12.9. The lowest BCUT2D eigenvalue weighted by Crippen LogP contribution is -2.39. The Labute approximate surface area is 179 Å². The molecular weight excluding hydrogens is 406 g/mol. The van der Waals surface area contributed by atoms with Gasteiger partial charge in [0.25, 0.3) is 5.91 Å². The van der Waals surface area contributed by atoms with Crippen molar-refractivity contribution in [3.63, 3.8) is 0 Å². The molecule has 1 aromatic carbocycles. The minimum Gasteiger partial charge on any atom is -0.465 e. The molecule has 0 radical (unpaired) electrons. The van der Waals surface area contributed by atoms with Gasteiger partial charge in [-0.25, -0.2) is 4.79 Å². The number of nitrogens with zero attached hydrogens (tertiary/aromatic N) is 1. The summed E-state index contributed by atoms with van der Waals surface area (Å²) in [5.41, 5.74) is 1.08. The fraction of sp³-hybridized carbons (Fsp3) is 0.318. The molecule has 2 heterocycles.